The Bertz CT molecular complexity index is 705. The summed E-state index contributed by atoms with van der Waals surface area (Å²) < 4.78 is 51.3. The first kappa shape index (κ1) is 15.0. The Morgan fingerprint density at radius 1 is 1.05 bits per heavy atom. The summed E-state index contributed by atoms with van der Waals surface area (Å²) in [5.41, 5.74) is -0.512. The Morgan fingerprint density at radius 2 is 1.62 bits per heavy atom. The van der Waals surface area contributed by atoms with Crippen molar-refractivity contribution in [3.63, 3.8) is 0 Å². The minimum Gasteiger partial charge on any atom is -0.478 e. The fourth-order valence-corrected chi connectivity index (χ4v) is 1.95. The molecule has 2 rings (SSSR count). The molecule has 0 aliphatic carbocycles. The molecule has 2 aromatic carbocycles. The van der Waals surface area contributed by atoms with E-state index in [1.54, 1.807) is 6.92 Å². The van der Waals surface area contributed by atoms with Gasteiger partial charge in [-0.1, -0.05) is 18.2 Å². The minimum atomic E-state index is -4.81. The molecule has 0 radical (unpaired) electrons. The minimum absolute atomic E-state index is 0.00890. The highest BCUT2D eigenvalue weighted by Crippen LogP contribution is 2.34. The fourth-order valence-electron chi connectivity index (χ4n) is 1.95. The van der Waals surface area contributed by atoms with E-state index in [1.807, 2.05) is 0 Å². The van der Waals surface area contributed by atoms with Crippen molar-refractivity contribution >= 4 is 5.97 Å². The van der Waals surface area contributed by atoms with E-state index < -0.39 is 23.5 Å². The zero-order valence-electron chi connectivity index (χ0n) is 10.8. The van der Waals surface area contributed by atoms with Gasteiger partial charge in [0.05, 0.1) is 11.1 Å². The summed E-state index contributed by atoms with van der Waals surface area (Å²) in [5.74, 6) is -2.54. The summed E-state index contributed by atoms with van der Waals surface area (Å²) in [5, 5.41) is 9.02. The number of carboxylic acids is 1. The maximum Gasteiger partial charge on any atom is 0.419 e. The number of hydrogen-bond acceptors (Lipinski definition) is 1. The molecule has 0 heterocycles. The fraction of sp³-hybridized carbons (Fsp3) is 0.133. The first-order valence-corrected chi connectivity index (χ1v) is 5.91. The summed E-state index contributed by atoms with van der Waals surface area (Å²) in [6, 6.07) is 6.83. The lowest BCUT2D eigenvalue weighted by atomic mass is 9.98. The average molecular weight is 298 g/mol. The van der Waals surface area contributed by atoms with Gasteiger partial charge in [-0.05, 0) is 41.8 Å². The van der Waals surface area contributed by atoms with Crippen LogP contribution in [-0.2, 0) is 6.18 Å². The molecule has 21 heavy (non-hydrogen) atoms. The third kappa shape index (κ3) is 3.04. The highest BCUT2D eigenvalue weighted by molar-refractivity contribution is 5.91. The molecule has 0 unspecified atom stereocenters. The molecule has 0 saturated heterocycles. The van der Waals surface area contributed by atoms with Crippen LogP contribution in [0.1, 0.15) is 21.5 Å². The van der Waals surface area contributed by atoms with Gasteiger partial charge < -0.3 is 5.11 Å². The van der Waals surface area contributed by atoms with Gasteiger partial charge in [0.1, 0.15) is 5.82 Å². The monoisotopic (exact) mass is 298 g/mol. The Kier molecular flexibility index (Phi) is 3.72. The number of carbonyl (C=O) groups is 1. The molecule has 0 saturated carbocycles. The van der Waals surface area contributed by atoms with E-state index in [-0.39, 0.29) is 16.7 Å². The topological polar surface area (TPSA) is 37.3 Å². The van der Waals surface area contributed by atoms with Gasteiger partial charge in [0, 0.05) is 0 Å². The van der Waals surface area contributed by atoms with Crippen LogP contribution < -0.4 is 0 Å². The van der Waals surface area contributed by atoms with Crippen LogP contribution >= 0.6 is 0 Å². The molecular weight excluding hydrogens is 288 g/mol. The van der Waals surface area contributed by atoms with Gasteiger partial charge in [0.25, 0.3) is 0 Å². The molecular formula is C15H10F4O2. The first-order valence-electron chi connectivity index (χ1n) is 5.91. The van der Waals surface area contributed by atoms with Gasteiger partial charge in [-0.3, -0.25) is 0 Å². The van der Waals surface area contributed by atoms with Gasteiger partial charge in [-0.15, -0.1) is 0 Å². The molecule has 2 aromatic rings. The lowest BCUT2D eigenvalue weighted by Gasteiger charge is -2.11. The van der Waals surface area contributed by atoms with Crippen LogP contribution in [0, 0.1) is 12.7 Å². The maximum absolute atomic E-state index is 13.2. The Hall–Kier alpha value is -2.37. The van der Waals surface area contributed by atoms with Crippen LogP contribution in [0.25, 0.3) is 11.1 Å². The summed E-state index contributed by atoms with van der Waals surface area (Å²) in [6.07, 6.45) is -4.81. The van der Waals surface area contributed by atoms with Crippen LogP contribution in [0.2, 0.25) is 0 Å². The van der Waals surface area contributed by atoms with Crippen molar-refractivity contribution in [1.29, 1.82) is 0 Å². The van der Waals surface area contributed by atoms with E-state index in [1.165, 1.54) is 24.3 Å². The first-order chi connectivity index (χ1) is 9.70. The highest BCUT2D eigenvalue weighted by atomic mass is 19.4. The van der Waals surface area contributed by atoms with Crippen LogP contribution in [0.5, 0.6) is 0 Å². The Balaban J connectivity index is 2.58. The number of carboxylic acid groups (broad SMARTS) is 1. The highest BCUT2D eigenvalue weighted by Gasteiger charge is 2.34. The van der Waals surface area contributed by atoms with E-state index in [2.05, 4.69) is 0 Å². The molecule has 0 bridgehead atoms. The number of benzene rings is 2. The zero-order valence-corrected chi connectivity index (χ0v) is 10.8. The molecule has 6 heteroatoms. The zero-order chi connectivity index (χ0) is 15.8. The van der Waals surface area contributed by atoms with Gasteiger partial charge in [-0.2, -0.15) is 13.2 Å². The van der Waals surface area contributed by atoms with Gasteiger partial charge in [0.15, 0.2) is 0 Å². The normalized spacial score (nSPS) is 11.5. The molecule has 0 fully saturated rings. The molecule has 0 atom stereocenters. The number of aryl methyl sites for hydroxylation is 1. The summed E-state index contributed by atoms with van der Waals surface area (Å²) >= 11 is 0. The Labute approximate surface area is 117 Å². The van der Waals surface area contributed by atoms with Crippen molar-refractivity contribution < 1.29 is 27.5 Å². The van der Waals surface area contributed by atoms with E-state index in [9.17, 15) is 22.4 Å². The predicted molar refractivity (Wildman–Crippen MR) is 68.5 cm³/mol. The largest absolute Gasteiger partial charge is 0.478 e. The van der Waals surface area contributed by atoms with E-state index in [4.69, 9.17) is 5.11 Å². The molecule has 110 valence electrons. The smallest absolute Gasteiger partial charge is 0.419 e. The second-order valence-corrected chi connectivity index (χ2v) is 4.53. The van der Waals surface area contributed by atoms with Gasteiger partial charge in [0.2, 0.25) is 0 Å². The summed E-state index contributed by atoms with van der Waals surface area (Å²) in [7, 11) is 0. The SMILES string of the molecule is Cc1ccc(-c2ccc(F)c(C(F)(F)F)c2)cc1C(=O)O. The van der Waals surface area contributed by atoms with Crippen LogP contribution in [-0.4, -0.2) is 11.1 Å². The molecule has 0 aliphatic heterocycles. The molecule has 0 amide bonds. The number of hydrogen-bond donors (Lipinski definition) is 1. The van der Waals surface area contributed by atoms with E-state index >= 15 is 0 Å². The molecule has 1 N–H and O–H groups in total. The van der Waals surface area contributed by atoms with Gasteiger partial charge in [-0.25, -0.2) is 9.18 Å². The Morgan fingerprint density at radius 3 is 2.19 bits per heavy atom. The third-order valence-corrected chi connectivity index (χ3v) is 3.07. The average Bonchev–Trinajstić information content (AvgIpc) is 2.38. The standard InChI is InChI=1S/C15H10F4O2/c1-8-2-3-9(6-11(8)14(20)21)10-4-5-13(16)12(7-10)15(17,18)19/h2-7H,1H3,(H,20,21). The van der Waals surface area contributed by atoms with Crippen LogP contribution in [0.15, 0.2) is 36.4 Å². The lowest BCUT2D eigenvalue weighted by Crippen LogP contribution is -2.08. The number of halogens is 4. The number of alkyl halides is 3. The second kappa shape index (κ2) is 5.20. The maximum atomic E-state index is 13.2. The van der Waals surface area contributed by atoms with Crippen molar-refractivity contribution in [2.75, 3.05) is 0 Å². The molecule has 0 aromatic heterocycles. The number of rotatable bonds is 2. The molecule has 0 spiro atoms. The molecule has 0 aliphatic rings. The van der Waals surface area contributed by atoms with Gasteiger partial charge >= 0.3 is 12.1 Å². The van der Waals surface area contributed by atoms with E-state index in [0.29, 0.717) is 11.6 Å². The molecule has 2 nitrogen and oxygen atoms in total. The number of aromatic carboxylic acids is 1. The van der Waals surface area contributed by atoms with Crippen molar-refractivity contribution in [3.8, 4) is 11.1 Å². The predicted octanol–water partition coefficient (Wildman–Crippen LogP) is 4.52. The van der Waals surface area contributed by atoms with E-state index in [0.717, 1.165) is 6.07 Å². The lowest BCUT2D eigenvalue weighted by molar-refractivity contribution is -0.139. The van der Waals surface area contributed by atoms with Crippen molar-refractivity contribution in [2.45, 2.75) is 13.1 Å². The summed E-state index contributed by atoms with van der Waals surface area (Å²) in [4.78, 5) is 11.0. The van der Waals surface area contributed by atoms with Crippen LogP contribution in [0.4, 0.5) is 17.6 Å². The van der Waals surface area contributed by atoms with Crippen LogP contribution in [0.3, 0.4) is 0 Å². The third-order valence-electron chi connectivity index (χ3n) is 3.07. The van der Waals surface area contributed by atoms with Crippen molar-refractivity contribution in [1.82, 2.24) is 0 Å². The van der Waals surface area contributed by atoms with Crippen molar-refractivity contribution in [3.05, 3.63) is 58.9 Å². The second-order valence-electron chi connectivity index (χ2n) is 4.53. The quantitative estimate of drug-likeness (QED) is 0.828. The van der Waals surface area contributed by atoms with Crippen molar-refractivity contribution in [2.24, 2.45) is 0 Å². The summed E-state index contributed by atoms with van der Waals surface area (Å²) in [6.45, 7) is 1.58.